The van der Waals surface area contributed by atoms with Gasteiger partial charge in [-0.05, 0) is 36.3 Å². The quantitative estimate of drug-likeness (QED) is 0.363. The van der Waals surface area contributed by atoms with E-state index in [4.69, 9.17) is 0 Å². The highest BCUT2D eigenvalue weighted by Gasteiger charge is 2.30. The fourth-order valence-electron chi connectivity index (χ4n) is 4.21. The van der Waals surface area contributed by atoms with Gasteiger partial charge in [-0.1, -0.05) is 52.8 Å². The first-order valence-corrected chi connectivity index (χ1v) is 12.1. The lowest BCUT2D eigenvalue weighted by molar-refractivity contribution is -0.133. The Labute approximate surface area is 211 Å². The fraction of sp³-hybridized carbons (Fsp3) is 0.269. The summed E-state index contributed by atoms with van der Waals surface area (Å²) in [7, 11) is 0. The molecule has 8 nitrogen and oxygen atoms in total. The van der Waals surface area contributed by atoms with E-state index in [1.54, 1.807) is 15.7 Å². The van der Waals surface area contributed by atoms with Crippen molar-refractivity contribution < 1.29 is 19.5 Å². The number of aliphatic hydroxyl groups excluding tert-OH is 1. The van der Waals surface area contributed by atoms with Gasteiger partial charge in [-0.15, -0.1) is 0 Å². The summed E-state index contributed by atoms with van der Waals surface area (Å²) in [6.07, 6.45) is 3.42. The lowest BCUT2D eigenvalue weighted by Crippen LogP contribution is -2.61. The number of amides is 3. The van der Waals surface area contributed by atoms with Crippen LogP contribution in [0, 0.1) is 0 Å². The molecule has 3 N–H and O–H groups in total. The molecule has 0 aliphatic carbocycles. The minimum absolute atomic E-state index is 0.0325. The van der Waals surface area contributed by atoms with Crippen molar-refractivity contribution in [3.63, 3.8) is 0 Å². The highest BCUT2D eigenvalue weighted by Crippen LogP contribution is 2.26. The van der Waals surface area contributed by atoms with Crippen LogP contribution in [0.25, 0.3) is 10.9 Å². The van der Waals surface area contributed by atoms with E-state index in [1.807, 2.05) is 48.5 Å². The molecule has 1 saturated heterocycles. The summed E-state index contributed by atoms with van der Waals surface area (Å²) in [5.74, 6) is -0.675. The maximum Gasteiger partial charge on any atom is 0.253 e. The Morgan fingerprint density at radius 2 is 1.91 bits per heavy atom. The molecule has 1 aliphatic rings. The van der Waals surface area contributed by atoms with Gasteiger partial charge in [-0.3, -0.25) is 14.4 Å². The summed E-state index contributed by atoms with van der Waals surface area (Å²) >= 11 is 3.46. The molecule has 2 heterocycles. The van der Waals surface area contributed by atoms with E-state index >= 15 is 0 Å². The highest BCUT2D eigenvalue weighted by molar-refractivity contribution is 9.10. The summed E-state index contributed by atoms with van der Waals surface area (Å²) in [4.78, 5) is 39.1. The zero-order chi connectivity index (χ0) is 24.9. The van der Waals surface area contributed by atoms with E-state index in [0.717, 1.165) is 15.6 Å². The first kappa shape index (κ1) is 24.7. The third-order valence-electron chi connectivity index (χ3n) is 6.02. The van der Waals surface area contributed by atoms with E-state index in [-0.39, 0.29) is 36.9 Å². The number of aromatic nitrogens is 1. The van der Waals surface area contributed by atoms with Crippen LogP contribution in [0.5, 0.6) is 0 Å². The number of aliphatic hydroxyl groups is 1. The van der Waals surface area contributed by atoms with Gasteiger partial charge >= 0.3 is 0 Å². The Bertz CT molecular complexity index is 1250. The monoisotopic (exact) mass is 538 g/mol. The molecule has 1 atom stereocenters. The van der Waals surface area contributed by atoms with Gasteiger partial charge in [0.25, 0.3) is 5.91 Å². The number of fused-ring (bicyclic) bond motifs is 1. The van der Waals surface area contributed by atoms with E-state index in [2.05, 4.69) is 33.1 Å². The number of rotatable bonds is 9. The van der Waals surface area contributed by atoms with Crippen LogP contribution >= 0.6 is 15.9 Å². The van der Waals surface area contributed by atoms with Gasteiger partial charge in [-0.2, -0.15) is 0 Å². The summed E-state index contributed by atoms with van der Waals surface area (Å²) < 4.78 is 2.55. The number of halogens is 1. The van der Waals surface area contributed by atoms with Crippen LogP contribution in [0.15, 0.2) is 71.9 Å². The van der Waals surface area contributed by atoms with Gasteiger partial charge < -0.3 is 25.2 Å². The number of carbonyl (C=O) groups excluding carboxylic acids is 3. The predicted molar refractivity (Wildman–Crippen MR) is 137 cm³/mol. The molecule has 0 bridgehead atoms. The van der Waals surface area contributed by atoms with E-state index in [1.165, 1.54) is 6.08 Å². The number of nitrogens with one attached hydrogen (secondary N) is 2. The molecule has 2 aromatic carbocycles. The van der Waals surface area contributed by atoms with E-state index in [9.17, 15) is 19.5 Å². The Morgan fingerprint density at radius 3 is 2.60 bits per heavy atom. The number of hydrogen-bond acceptors (Lipinski definition) is 4. The van der Waals surface area contributed by atoms with Crippen LogP contribution in [-0.2, 0) is 22.6 Å². The smallest absolute Gasteiger partial charge is 0.253 e. The summed E-state index contributed by atoms with van der Waals surface area (Å²) in [6.45, 7) is 4.21. The molecule has 3 amide bonds. The summed E-state index contributed by atoms with van der Waals surface area (Å²) in [5, 5.41) is 16.4. The predicted octanol–water partition coefficient (Wildman–Crippen LogP) is 2.25. The Morgan fingerprint density at radius 1 is 1.17 bits per heavy atom. The van der Waals surface area contributed by atoms with Gasteiger partial charge in [0.2, 0.25) is 11.8 Å². The van der Waals surface area contributed by atoms with E-state index in [0.29, 0.717) is 30.5 Å². The average Bonchev–Trinajstić information content (AvgIpc) is 3.18. The molecular weight excluding hydrogens is 512 g/mol. The van der Waals surface area contributed by atoms with Crippen molar-refractivity contribution in [1.82, 2.24) is 20.1 Å². The third-order valence-corrected chi connectivity index (χ3v) is 6.51. The Hall–Kier alpha value is -3.43. The molecule has 182 valence electrons. The van der Waals surface area contributed by atoms with Crippen LogP contribution in [-0.4, -0.2) is 64.1 Å². The third kappa shape index (κ3) is 5.80. The average molecular weight is 539 g/mol. The minimum Gasteiger partial charge on any atom is -0.394 e. The molecule has 0 saturated carbocycles. The van der Waals surface area contributed by atoms with Crippen molar-refractivity contribution in [3.05, 3.63) is 83.0 Å². The second kappa shape index (κ2) is 10.9. The van der Waals surface area contributed by atoms with Crippen LogP contribution in [0.2, 0.25) is 0 Å². The van der Waals surface area contributed by atoms with Crippen molar-refractivity contribution in [1.29, 1.82) is 0 Å². The lowest BCUT2D eigenvalue weighted by atomic mass is 10.1. The number of carbonyl (C=O) groups is 3. The SMILES string of the molecule is C=CC(=O)N1CC(NC(=O)Cn2cc(C(=O)N[C@H](CO)Cc3ccccc3)c3cc(Br)ccc32)C1. The second-order valence-electron chi connectivity index (χ2n) is 8.59. The summed E-state index contributed by atoms with van der Waals surface area (Å²) in [6, 6.07) is 14.7. The standard InChI is InChI=1S/C26H27BrN4O4/c1-2-25(34)31-12-20(13-31)28-24(33)15-30-14-22(21-11-18(27)8-9-23(21)30)26(35)29-19(16-32)10-17-6-4-3-5-7-17/h2-9,11,14,19-20,32H,1,10,12-13,15-16H2,(H,28,33)(H,29,35)/t19-/m0/s1. The molecule has 0 spiro atoms. The normalized spacial score (nSPS) is 14.3. The van der Waals surface area contributed by atoms with Gasteiger partial charge in [0.05, 0.1) is 24.3 Å². The molecule has 4 rings (SSSR count). The first-order valence-electron chi connectivity index (χ1n) is 11.3. The maximum absolute atomic E-state index is 13.2. The highest BCUT2D eigenvalue weighted by atomic mass is 79.9. The first-order chi connectivity index (χ1) is 16.9. The van der Waals surface area contributed by atoms with Crippen LogP contribution < -0.4 is 10.6 Å². The number of likely N-dealkylation sites (tertiary alicyclic amines) is 1. The lowest BCUT2D eigenvalue weighted by Gasteiger charge is -2.38. The van der Waals surface area contributed by atoms with E-state index < -0.39 is 6.04 Å². The van der Waals surface area contributed by atoms with Crippen molar-refractivity contribution in [2.24, 2.45) is 0 Å². The van der Waals surface area contributed by atoms with Crippen molar-refractivity contribution in [2.45, 2.75) is 25.0 Å². The molecule has 3 aromatic rings. The molecular formula is C26H27BrN4O4. The molecule has 0 radical (unpaired) electrons. The summed E-state index contributed by atoms with van der Waals surface area (Å²) in [5.41, 5.74) is 2.18. The van der Waals surface area contributed by atoms with Crippen LogP contribution in [0.4, 0.5) is 0 Å². The number of hydrogen-bond donors (Lipinski definition) is 3. The minimum atomic E-state index is -0.446. The Balaban J connectivity index is 1.47. The van der Waals surface area contributed by atoms with Crippen molar-refractivity contribution in [2.75, 3.05) is 19.7 Å². The molecule has 35 heavy (non-hydrogen) atoms. The topological polar surface area (TPSA) is 104 Å². The molecule has 1 aliphatic heterocycles. The van der Waals surface area contributed by atoms with Crippen molar-refractivity contribution >= 4 is 44.6 Å². The Kier molecular flexibility index (Phi) is 7.67. The number of nitrogens with zero attached hydrogens (tertiary/aromatic N) is 2. The molecule has 0 unspecified atom stereocenters. The largest absolute Gasteiger partial charge is 0.394 e. The van der Waals surface area contributed by atoms with Gasteiger partial charge in [0.15, 0.2) is 0 Å². The fourth-order valence-corrected chi connectivity index (χ4v) is 4.57. The molecule has 1 aromatic heterocycles. The van der Waals surface area contributed by atoms with Crippen molar-refractivity contribution in [3.8, 4) is 0 Å². The molecule has 1 fully saturated rings. The van der Waals surface area contributed by atoms with Gasteiger partial charge in [0.1, 0.15) is 6.54 Å². The zero-order valence-electron chi connectivity index (χ0n) is 19.1. The van der Waals surface area contributed by atoms with Crippen LogP contribution in [0.3, 0.4) is 0 Å². The van der Waals surface area contributed by atoms with Gasteiger partial charge in [0, 0.05) is 34.7 Å². The number of benzene rings is 2. The maximum atomic E-state index is 13.2. The van der Waals surface area contributed by atoms with Crippen LogP contribution in [0.1, 0.15) is 15.9 Å². The second-order valence-corrected chi connectivity index (χ2v) is 9.50. The zero-order valence-corrected chi connectivity index (χ0v) is 20.7. The molecule has 9 heteroatoms. The van der Waals surface area contributed by atoms with Gasteiger partial charge in [-0.25, -0.2) is 0 Å².